The highest BCUT2D eigenvalue weighted by Gasteiger charge is 2.15. The van der Waals surface area contributed by atoms with Gasteiger partial charge in [-0.25, -0.2) is 4.68 Å². The molecular weight excluding hydrogens is 374 g/mol. The summed E-state index contributed by atoms with van der Waals surface area (Å²) in [6, 6.07) is 9.70. The maximum absolute atomic E-state index is 5.73. The van der Waals surface area contributed by atoms with Crippen LogP contribution in [0, 0.1) is 6.92 Å². The van der Waals surface area contributed by atoms with Crippen molar-refractivity contribution in [3.8, 4) is 22.8 Å². The highest BCUT2D eigenvalue weighted by atomic mass is 32.1. The number of aromatic nitrogens is 1. The third-order valence-electron chi connectivity index (χ3n) is 4.08. The average molecular weight is 400 g/mol. The zero-order chi connectivity index (χ0) is 20.3. The van der Waals surface area contributed by atoms with Gasteiger partial charge >= 0.3 is 0 Å². The third kappa shape index (κ3) is 4.20. The Morgan fingerprint density at radius 1 is 1.14 bits per heavy atom. The minimum absolute atomic E-state index is 0.145. The maximum atomic E-state index is 5.73. The number of benzene rings is 1. The predicted molar refractivity (Wildman–Crippen MR) is 113 cm³/mol. The molecule has 148 valence electrons. The first kappa shape index (κ1) is 19.9. The summed E-state index contributed by atoms with van der Waals surface area (Å²) < 4.78 is 18.5. The summed E-state index contributed by atoms with van der Waals surface area (Å²) >= 11 is 1.54. The Morgan fingerprint density at radius 2 is 1.93 bits per heavy atom. The molecule has 1 aromatic carbocycles. The van der Waals surface area contributed by atoms with E-state index in [2.05, 4.69) is 0 Å². The van der Waals surface area contributed by atoms with Gasteiger partial charge in [0.15, 0.2) is 0 Å². The molecule has 0 fully saturated rings. The first-order valence-corrected chi connectivity index (χ1v) is 9.90. The molecular formula is C21H25N3O3S. The van der Waals surface area contributed by atoms with E-state index in [1.54, 1.807) is 14.2 Å². The molecule has 2 aromatic heterocycles. The van der Waals surface area contributed by atoms with Crippen LogP contribution >= 0.6 is 11.3 Å². The van der Waals surface area contributed by atoms with Crippen LogP contribution in [0.3, 0.4) is 0 Å². The number of furan rings is 1. The first-order chi connectivity index (χ1) is 13.4. The SMILES string of the molecule is COc1ccc(OC)c(-c2csc(=NC(C)C)n2N=C(C)c2ccc(C)o2)c1. The topological polar surface area (TPSA) is 61.2 Å². The largest absolute Gasteiger partial charge is 0.497 e. The van der Waals surface area contributed by atoms with Crippen LogP contribution in [0.4, 0.5) is 0 Å². The average Bonchev–Trinajstić information content (AvgIpc) is 3.27. The number of hydrogen-bond acceptors (Lipinski definition) is 6. The van der Waals surface area contributed by atoms with Crippen LogP contribution in [0.15, 0.2) is 50.2 Å². The molecule has 0 amide bonds. The lowest BCUT2D eigenvalue weighted by Crippen LogP contribution is -2.16. The summed E-state index contributed by atoms with van der Waals surface area (Å²) in [5, 5.41) is 6.85. The lowest BCUT2D eigenvalue weighted by atomic mass is 10.1. The van der Waals surface area contributed by atoms with Crippen LogP contribution in [0.5, 0.6) is 11.5 Å². The van der Waals surface area contributed by atoms with Gasteiger partial charge in [0, 0.05) is 17.0 Å². The molecule has 0 aliphatic heterocycles. The Labute approximate surface area is 168 Å². The molecule has 7 heteroatoms. The Bertz CT molecular complexity index is 1060. The van der Waals surface area contributed by atoms with Crippen molar-refractivity contribution in [3.63, 3.8) is 0 Å². The van der Waals surface area contributed by atoms with Crippen molar-refractivity contribution in [3.05, 3.63) is 52.0 Å². The third-order valence-corrected chi connectivity index (χ3v) is 4.91. The van der Waals surface area contributed by atoms with Gasteiger partial charge in [0.2, 0.25) is 4.80 Å². The van der Waals surface area contributed by atoms with Gasteiger partial charge in [-0.2, -0.15) is 5.10 Å². The first-order valence-electron chi connectivity index (χ1n) is 9.02. The smallest absolute Gasteiger partial charge is 0.206 e. The molecule has 0 spiro atoms. The Kier molecular flexibility index (Phi) is 6.04. The molecule has 28 heavy (non-hydrogen) atoms. The van der Waals surface area contributed by atoms with E-state index in [0.717, 1.165) is 44.8 Å². The van der Waals surface area contributed by atoms with Crippen LogP contribution in [0.25, 0.3) is 11.3 Å². The van der Waals surface area contributed by atoms with Crippen molar-refractivity contribution in [1.29, 1.82) is 0 Å². The fraction of sp³-hybridized carbons (Fsp3) is 0.333. The molecule has 0 atom stereocenters. The highest BCUT2D eigenvalue weighted by Crippen LogP contribution is 2.33. The van der Waals surface area contributed by atoms with Gasteiger partial charge in [0.1, 0.15) is 28.7 Å². The molecule has 0 aliphatic rings. The molecule has 0 N–H and O–H groups in total. The van der Waals surface area contributed by atoms with E-state index in [9.17, 15) is 0 Å². The zero-order valence-electron chi connectivity index (χ0n) is 17.0. The minimum atomic E-state index is 0.145. The number of hydrogen-bond donors (Lipinski definition) is 0. The lowest BCUT2D eigenvalue weighted by Gasteiger charge is -2.11. The van der Waals surface area contributed by atoms with Gasteiger partial charge in [-0.05, 0) is 58.0 Å². The Hall–Kier alpha value is -2.80. The van der Waals surface area contributed by atoms with E-state index < -0.39 is 0 Å². The second kappa shape index (κ2) is 8.48. The predicted octanol–water partition coefficient (Wildman–Crippen LogP) is 4.72. The highest BCUT2D eigenvalue weighted by molar-refractivity contribution is 7.07. The van der Waals surface area contributed by atoms with E-state index in [0.29, 0.717) is 0 Å². The quantitative estimate of drug-likeness (QED) is 0.564. The standard InChI is InChI=1S/C21H25N3O3S/c1-13(2)22-21-24(23-15(4)19-9-7-14(3)27-19)18(12-28-21)17-11-16(25-5)8-10-20(17)26-6/h7-13H,1-6H3. The van der Waals surface area contributed by atoms with Crippen LogP contribution in [-0.4, -0.2) is 30.6 Å². The Morgan fingerprint density at radius 3 is 2.54 bits per heavy atom. The summed E-state index contributed by atoms with van der Waals surface area (Å²) in [4.78, 5) is 5.53. The normalized spacial score (nSPS) is 12.7. The van der Waals surface area contributed by atoms with Crippen molar-refractivity contribution in [2.75, 3.05) is 14.2 Å². The van der Waals surface area contributed by atoms with Gasteiger partial charge in [0.25, 0.3) is 0 Å². The molecule has 3 aromatic rings. The summed E-state index contributed by atoms with van der Waals surface area (Å²) in [6.07, 6.45) is 0. The Balaban J connectivity index is 2.23. The number of rotatable bonds is 6. The molecule has 3 rings (SSSR count). The molecule has 0 saturated carbocycles. The van der Waals surface area contributed by atoms with Crippen LogP contribution in [0.2, 0.25) is 0 Å². The lowest BCUT2D eigenvalue weighted by molar-refractivity contribution is 0.404. The van der Waals surface area contributed by atoms with Crippen LogP contribution < -0.4 is 14.3 Å². The number of aryl methyl sites for hydroxylation is 1. The van der Waals surface area contributed by atoms with Gasteiger partial charge in [0.05, 0.1) is 19.9 Å². The maximum Gasteiger partial charge on any atom is 0.206 e. The van der Waals surface area contributed by atoms with Gasteiger partial charge in [-0.15, -0.1) is 11.3 Å². The number of methoxy groups -OCH3 is 2. The van der Waals surface area contributed by atoms with Gasteiger partial charge < -0.3 is 13.9 Å². The number of ether oxygens (including phenoxy) is 2. The van der Waals surface area contributed by atoms with Gasteiger partial charge in [-0.1, -0.05) is 0 Å². The monoisotopic (exact) mass is 399 g/mol. The fourth-order valence-electron chi connectivity index (χ4n) is 2.73. The van der Waals surface area contributed by atoms with E-state index in [1.807, 2.05) is 68.1 Å². The molecule has 0 unspecified atom stereocenters. The van der Waals surface area contributed by atoms with Crippen molar-refractivity contribution in [1.82, 2.24) is 4.68 Å². The summed E-state index contributed by atoms with van der Waals surface area (Å²) in [5.74, 6) is 3.07. The second-order valence-corrected chi connectivity index (χ2v) is 7.44. The van der Waals surface area contributed by atoms with E-state index in [1.165, 1.54) is 11.3 Å². The number of nitrogens with zero attached hydrogens (tertiary/aromatic N) is 3. The molecule has 0 radical (unpaired) electrons. The van der Waals surface area contributed by atoms with Crippen molar-refractivity contribution >= 4 is 17.0 Å². The van der Waals surface area contributed by atoms with Crippen molar-refractivity contribution < 1.29 is 13.9 Å². The molecule has 6 nitrogen and oxygen atoms in total. The van der Waals surface area contributed by atoms with Crippen LogP contribution in [0.1, 0.15) is 32.3 Å². The number of thiazole rings is 1. The van der Waals surface area contributed by atoms with E-state index >= 15 is 0 Å². The fourth-order valence-corrected chi connectivity index (χ4v) is 3.69. The summed E-state index contributed by atoms with van der Waals surface area (Å²) in [6.45, 7) is 7.93. The summed E-state index contributed by atoms with van der Waals surface area (Å²) in [7, 11) is 3.30. The summed E-state index contributed by atoms with van der Waals surface area (Å²) in [5.41, 5.74) is 2.53. The zero-order valence-corrected chi connectivity index (χ0v) is 17.8. The van der Waals surface area contributed by atoms with E-state index in [-0.39, 0.29) is 6.04 Å². The van der Waals surface area contributed by atoms with E-state index in [4.69, 9.17) is 24.0 Å². The van der Waals surface area contributed by atoms with Crippen LogP contribution in [-0.2, 0) is 0 Å². The second-order valence-electron chi connectivity index (χ2n) is 6.60. The van der Waals surface area contributed by atoms with Crippen molar-refractivity contribution in [2.45, 2.75) is 33.7 Å². The molecule has 0 bridgehead atoms. The molecule has 0 aliphatic carbocycles. The molecule has 2 heterocycles. The minimum Gasteiger partial charge on any atom is -0.497 e. The van der Waals surface area contributed by atoms with Crippen molar-refractivity contribution in [2.24, 2.45) is 10.1 Å². The molecule has 0 saturated heterocycles. The van der Waals surface area contributed by atoms with Gasteiger partial charge in [-0.3, -0.25) is 4.99 Å².